The van der Waals surface area contributed by atoms with E-state index < -0.39 is 4.92 Å². The largest absolute Gasteiger partial charge is 0.411 e. The number of nitro benzene ring substituents is 1. The predicted molar refractivity (Wildman–Crippen MR) is 107 cm³/mol. The minimum atomic E-state index is -0.467. The maximum Gasteiger partial charge on any atom is 0.277 e. The highest BCUT2D eigenvalue weighted by atomic mass is 35.5. The Morgan fingerprint density at radius 1 is 1.18 bits per heavy atom. The number of fused-ring (bicyclic) bond motifs is 1. The molecule has 0 saturated carbocycles. The molecule has 0 saturated heterocycles. The van der Waals surface area contributed by atoms with Crippen molar-refractivity contribution in [3.8, 4) is 11.5 Å². The number of aromatic nitrogens is 3. The second-order valence-corrected chi connectivity index (χ2v) is 7.29. The van der Waals surface area contributed by atoms with Gasteiger partial charge in [-0.25, -0.2) is 0 Å². The van der Waals surface area contributed by atoms with Gasteiger partial charge in [0.05, 0.1) is 21.2 Å². The molecule has 0 radical (unpaired) electrons. The summed E-state index contributed by atoms with van der Waals surface area (Å²) < 4.78 is 5.63. The first-order valence-corrected chi connectivity index (χ1v) is 9.64. The van der Waals surface area contributed by atoms with Gasteiger partial charge in [0.15, 0.2) is 0 Å². The van der Waals surface area contributed by atoms with Crippen LogP contribution in [0.25, 0.3) is 22.4 Å². The maximum atomic E-state index is 10.9. The lowest BCUT2D eigenvalue weighted by molar-refractivity contribution is -0.384. The van der Waals surface area contributed by atoms with Crippen LogP contribution in [-0.2, 0) is 5.75 Å². The van der Waals surface area contributed by atoms with E-state index in [9.17, 15) is 10.1 Å². The monoisotopic (exact) mass is 412 g/mol. The minimum Gasteiger partial charge on any atom is -0.411 e. The Bertz CT molecular complexity index is 1190. The molecule has 28 heavy (non-hydrogen) atoms. The topological polar surface area (TPSA) is 95.0 Å². The van der Waals surface area contributed by atoms with Crippen molar-refractivity contribution in [2.45, 2.75) is 17.9 Å². The van der Waals surface area contributed by atoms with Crippen molar-refractivity contribution in [2.75, 3.05) is 0 Å². The zero-order valence-corrected chi connectivity index (χ0v) is 16.2. The normalized spacial score (nSPS) is 11.1. The second-order valence-electron chi connectivity index (χ2n) is 5.98. The van der Waals surface area contributed by atoms with E-state index in [-0.39, 0.29) is 11.6 Å². The zero-order chi connectivity index (χ0) is 19.7. The van der Waals surface area contributed by atoms with Gasteiger partial charge in [-0.1, -0.05) is 47.6 Å². The van der Waals surface area contributed by atoms with Gasteiger partial charge >= 0.3 is 0 Å². The highest BCUT2D eigenvalue weighted by Gasteiger charge is 2.15. The summed E-state index contributed by atoms with van der Waals surface area (Å²) in [7, 11) is 0. The molecule has 4 aromatic rings. The summed E-state index contributed by atoms with van der Waals surface area (Å²) in [6, 6.07) is 13.9. The fourth-order valence-corrected chi connectivity index (χ4v) is 3.78. The van der Waals surface area contributed by atoms with E-state index in [4.69, 9.17) is 16.0 Å². The van der Waals surface area contributed by atoms with E-state index in [2.05, 4.69) is 15.2 Å². The van der Waals surface area contributed by atoms with E-state index >= 15 is 0 Å². The van der Waals surface area contributed by atoms with Crippen molar-refractivity contribution >= 4 is 40.0 Å². The molecular formula is C19H13ClN4O3S. The maximum absolute atomic E-state index is 10.9. The van der Waals surface area contributed by atoms with Crippen LogP contribution in [0.4, 0.5) is 5.69 Å². The number of non-ortho nitro benzene ring substituents is 1. The number of pyridine rings is 1. The summed E-state index contributed by atoms with van der Waals surface area (Å²) in [5.74, 6) is 0.682. The molecule has 0 aliphatic carbocycles. The number of hydrogen-bond acceptors (Lipinski definition) is 7. The molecule has 0 aliphatic rings. The Morgan fingerprint density at radius 2 is 2.00 bits per heavy atom. The Morgan fingerprint density at radius 3 is 2.82 bits per heavy atom. The molecule has 2 aromatic carbocycles. The molecule has 0 N–H and O–H groups in total. The van der Waals surface area contributed by atoms with Crippen LogP contribution in [0.5, 0.6) is 0 Å². The first-order chi connectivity index (χ1) is 13.5. The number of hydrogen-bond donors (Lipinski definition) is 0. The third-order valence-electron chi connectivity index (χ3n) is 4.19. The van der Waals surface area contributed by atoms with Gasteiger partial charge in [0.25, 0.3) is 10.9 Å². The molecule has 0 atom stereocenters. The average Bonchev–Trinajstić information content (AvgIpc) is 3.19. The van der Waals surface area contributed by atoms with Crippen LogP contribution in [-0.4, -0.2) is 20.1 Å². The van der Waals surface area contributed by atoms with E-state index in [1.807, 2.05) is 31.2 Å². The summed E-state index contributed by atoms with van der Waals surface area (Å²) in [4.78, 5) is 15.1. The van der Waals surface area contributed by atoms with Gasteiger partial charge in [0.1, 0.15) is 0 Å². The van der Waals surface area contributed by atoms with E-state index in [0.29, 0.717) is 21.6 Å². The van der Waals surface area contributed by atoms with E-state index in [1.54, 1.807) is 12.1 Å². The van der Waals surface area contributed by atoms with Crippen LogP contribution in [0.3, 0.4) is 0 Å². The van der Waals surface area contributed by atoms with Gasteiger partial charge in [-0.05, 0) is 24.6 Å². The molecule has 0 amide bonds. The molecule has 2 heterocycles. The molecule has 4 rings (SSSR count). The highest BCUT2D eigenvalue weighted by Crippen LogP contribution is 2.32. The Hall–Kier alpha value is -2.97. The van der Waals surface area contributed by atoms with Gasteiger partial charge in [0.2, 0.25) is 5.89 Å². The molecule has 7 nitrogen and oxygen atoms in total. The van der Waals surface area contributed by atoms with Gasteiger partial charge in [-0.3, -0.25) is 15.1 Å². The van der Waals surface area contributed by atoms with Gasteiger partial charge in [-0.15, -0.1) is 10.2 Å². The molecule has 140 valence electrons. The molecule has 0 unspecified atom stereocenters. The van der Waals surface area contributed by atoms with Crippen LogP contribution in [0.1, 0.15) is 11.3 Å². The van der Waals surface area contributed by atoms with Gasteiger partial charge in [-0.2, -0.15) is 0 Å². The average molecular weight is 413 g/mol. The van der Waals surface area contributed by atoms with E-state index in [1.165, 1.54) is 23.9 Å². The summed E-state index contributed by atoms with van der Waals surface area (Å²) >= 11 is 7.79. The van der Waals surface area contributed by atoms with Crippen molar-refractivity contribution in [3.63, 3.8) is 0 Å². The van der Waals surface area contributed by atoms with Crippen LogP contribution in [0.15, 0.2) is 58.2 Å². The van der Waals surface area contributed by atoms with Gasteiger partial charge < -0.3 is 4.42 Å². The summed E-state index contributed by atoms with van der Waals surface area (Å²) in [5, 5.41) is 20.9. The third-order valence-corrected chi connectivity index (χ3v) is 5.52. The molecule has 0 aliphatic heterocycles. The fraction of sp³-hybridized carbons (Fsp3) is 0.105. The summed E-state index contributed by atoms with van der Waals surface area (Å²) in [6.07, 6.45) is 0. The Balaban J connectivity index is 1.56. The number of aryl methyl sites for hydroxylation is 1. The quantitative estimate of drug-likeness (QED) is 0.244. The second kappa shape index (κ2) is 7.57. The predicted octanol–water partition coefficient (Wildman–Crippen LogP) is 5.45. The zero-order valence-electron chi connectivity index (χ0n) is 14.6. The van der Waals surface area contributed by atoms with Crippen molar-refractivity contribution in [1.29, 1.82) is 0 Å². The fourth-order valence-electron chi connectivity index (χ4n) is 2.78. The number of benzene rings is 2. The molecular weight excluding hydrogens is 400 g/mol. The van der Waals surface area contributed by atoms with Crippen LogP contribution >= 0.6 is 23.4 Å². The number of thioether (sulfide) groups is 1. The molecule has 0 fully saturated rings. The Labute approximate surface area is 168 Å². The molecule has 9 heteroatoms. The van der Waals surface area contributed by atoms with Crippen molar-refractivity contribution < 1.29 is 9.34 Å². The number of nitro groups is 1. The number of para-hydroxylation sites is 1. The van der Waals surface area contributed by atoms with Crippen molar-refractivity contribution in [2.24, 2.45) is 0 Å². The third kappa shape index (κ3) is 3.56. The first-order valence-electron chi connectivity index (χ1n) is 8.28. The first kappa shape index (κ1) is 18.4. The lowest BCUT2D eigenvalue weighted by Gasteiger charge is -2.08. The molecule has 2 aromatic heterocycles. The number of rotatable bonds is 5. The van der Waals surface area contributed by atoms with Crippen LogP contribution in [0, 0.1) is 17.0 Å². The summed E-state index contributed by atoms with van der Waals surface area (Å²) in [5.41, 5.74) is 3.05. The molecule has 0 spiro atoms. The minimum absolute atomic E-state index is 0.0347. The SMILES string of the molecule is Cc1c(Cl)c(CSc2nnc(-c3cccc([N+](=O)[O-])c3)o2)nc2ccccc12. The Kier molecular flexibility index (Phi) is 4.97. The lowest BCUT2D eigenvalue weighted by atomic mass is 10.1. The van der Waals surface area contributed by atoms with E-state index in [0.717, 1.165) is 22.2 Å². The number of nitrogens with zero attached hydrogens (tertiary/aromatic N) is 4. The van der Waals surface area contributed by atoms with Gasteiger partial charge in [0, 0.05) is 28.8 Å². The van der Waals surface area contributed by atoms with Crippen LogP contribution < -0.4 is 0 Å². The molecule has 0 bridgehead atoms. The number of halogens is 1. The van der Waals surface area contributed by atoms with Crippen LogP contribution in [0.2, 0.25) is 5.02 Å². The standard InChI is InChI=1S/C19H13ClN4O3S/c1-11-14-7-2-3-8-15(14)21-16(17(11)20)10-28-19-23-22-18(27-19)12-5-4-6-13(9-12)24(25)26/h2-9H,10H2,1H3. The van der Waals surface area contributed by atoms with Crippen molar-refractivity contribution in [3.05, 3.63) is 74.9 Å². The van der Waals surface area contributed by atoms with Crippen molar-refractivity contribution in [1.82, 2.24) is 15.2 Å². The summed E-state index contributed by atoms with van der Waals surface area (Å²) in [6.45, 7) is 1.97. The highest BCUT2D eigenvalue weighted by molar-refractivity contribution is 7.98. The smallest absolute Gasteiger partial charge is 0.277 e. The lowest BCUT2D eigenvalue weighted by Crippen LogP contribution is -1.94.